The number of likely N-dealkylation sites (N-methyl/N-ethyl adjacent to an activating group) is 1. The molecule has 7 nitrogen and oxygen atoms in total. The Morgan fingerprint density at radius 2 is 1.67 bits per heavy atom. The molecule has 0 aromatic carbocycles. The largest absolute Gasteiger partial charge is 0.444 e. The zero-order valence-electron chi connectivity index (χ0n) is 10.9. The molecule has 0 heterocycles. The highest BCUT2D eigenvalue weighted by Gasteiger charge is 2.21. The minimum absolute atomic E-state index is 0.239. The number of alkyl halides is 1. The molecule has 0 aliphatic carbocycles. The van der Waals surface area contributed by atoms with E-state index < -0.39 is 23.5 Å². The molecule has 0 radical (unpaired) electrons. The number of nitrogens with one attached hydrogen (secondary N) is 2. The van der Waals surface area contributed by atoms with Crippen molar-refractivity contribution in [3.05, 3.63) is 0 Å². The monoisotopic (exact) mass is 279 g/mol. The lowest BCUT2D eigenvalue weighted by molar-refractivity contribution is -0.128. The molecule has 0 spiro atoms. The van der Waals surface area contributed by atoms with E-state index in [4.69, 9.17) is 16.3 Å². The molecule has 0 unspecified atom stereocenters. The summed E-state index contributed by atoms with van der Waals surface area (Å²) in [4.78, 5) is 34.7. The molecule has 0 rings (SSSR count). The van der Waals surface area contributed by atoms with Crippen molar-refractivity contribution in [1.82, 2.24) is 15.8 Å². The van der Waals surface area contributed by atoms with Gasteiger partial charge in [0.15, 0.2) is 0 Å². The van der Waals surface area contributed by atoms with Crippen LogP contribution in [0.1, 0.15) is 20.8 Å². The molecule has 0 atom stereocenters. The van der Waals surface area contributed by atoms with Crippen molar-refractivity contribution in [2.24, 2.45) is 0 Å². The summed E-state index contributed by atoms with van der Waals surface area (Å²) in [6, 6.07) is 0. The molecule has 0 aromatic rings. The first-order valence-electron chi connectivity index (χ1n) is 5.23. The summed E-state index contributed by atoms with van der Waals surface area (Å²) in [6.07, 6.45) is -0.624. The van der Waals surface area contributed by atoms with Crippen LogP contribution in [-0.2, 0) is 14.3 Å². The van der Waals surface area contributed by atoms with Crippen LogP contribution < -0.4 is 10.9 Å². The van der Waals surface area contributed by atoms with Crippen LogP contribution in [0.5, 0.6) is 0 Å². The minimum atomic E-state index is -0.630. The molecular formula is C10H18ClN3O4. The summed E-state index contributed by atoms with van der Waals surface area (Å²) in [5.41, 5.74) is 3.55. The van der Waals surface area contributed by atoms with Crippen LogP contribution in [-0.4, -0.2) is 47.9 Å². The zero-order chi connectivity index (χ0) is 14.3. The highest BCUT2D eigenvalue weighted by atomic mass is 35.5. The number of hydrogen-bond acceptors (Lipinski definition) is 4. The van der Waals surface area contributed by atoms with Crippen LogP contribution in [0.15, 0.2) is 0 Å². The Hall–Kier alpha value is -1.50. The van der Waals surface area contributed by atoms with Crippen LogP contribution in [0.3, 0.4) is 0 Å². The molecule has 0 aromatic heterocycles. The van der Waals surface area contributed by atoms with Crippen LogP contribution in [0.2, 0.25) is 0 Å². The van der Waals surface area contributed by atoms with Gasteiger partial charge in [-0.1, -0.05) is 0 Å². The van der Waals surface area contributed by atoms with Crippen LogP contribution in [0.4, 0.5) is 4.79 Å². The number of hydrogen-bond donors (Lipinski definition) is 2. The number of carbonyl (C=O) groups is 3. The quantitative estimate of drug-likeness (QED) is 0.572. The van der Waals surface area contributed by atoms with Gasteiger partial charge in [-0.05, 0) is 20.8 Å². The molecule has 0 fully saturated rings. The predicted octanol–water partition coefficient (Wildman–Crippen LogP) is 0.239. The highest BCUT2D eigenvalue weighted by molar-refractivity contribution is 6.27. The lowest BCUT2D eigenvalue weighted by Gasteiger charge is -2.24. The molecule has 0 saturated heterocycles. The number of amides is 3. The summed E-state index contributed by atoms with van der Waals surface area (Å²) in [5.74, 6) is -1.35. The molecule has 0 aliphatic rings. The summed E-state index contributed by atoms with van der Waals surface area (Å²) >= 11 is 5.22. The molecule has 0 saturated carbocycles. The third-order valence-corrected chi connectivity index (χ3v) is 1.79. The van der Waals surface area contributed by atoms with Crippen LogP contribution in [0, 0.1) is 0 Å². The van der Waals surface area contributed by atoms with Gasteiger partial charge in [0.25, 0.3) is 11.8 Å². The average molecular weight is 280 g/mol. The van der Waals surface area contributed by atoms with Gasteiger partial charge in [-0.2, -0.15) is 0 Å². The van der Waals surface area contributed by atoms with Gasteiger partial charge in [0.1, 0.15) is 18.0 Å². The molecule has 104 valence electrons. The van der Waals surface area contributed by atoms with E-state index in [1.165, 1.54) is 7.05 Å². The van der Waals surface area contributed by atoms with E-state index >= 15 is 0 Å². The standard InChI is InChI=1S/C10H18ClN3O4/c1-10(2,3)18-9(17)14(4)6-8(16)13-12-7(15)5-11/h5-6H2,1-4H3,(H,12,15)(H,13,16). The van der Waals surface area contributed by atoms with Crippen molar-refractivity contribution in [3.8, 4) is 0 Å². The van der Waals surface area contributed by atoms with Crippen molar-refractivity contribution in [3.63, 3.8) is 0 Å². The summed E-state index contributed by atoms with van der Waals surface area (Å²) < 4.78 is 5.05. The van der Waals surface area contributed by atoms with Crippen LogP contribution in [0.25, 0.3) is 0 Å². The maximum Gasteiger partial charge on any atom is 0.410 e. The first kappa shape index (κ1) is 16.5. The number of rotatable bonds is 3. The van der Waals surface area contributed by atoms with Gasteiger partial charge in [0, 0.05) is 7.05 Å². The third kappa shape index (κ3) is 7.72. The van der Waals surface area contributed by atoms with E-state index in [9.17, 15) is 14.4 Å². The number of hydrazine groups is 1. The second kappa shape index (κ2) is 7.05. The first-order chi connectivity index (χ1) is 8.15. The smallest absolute Gasteiger partial charge is 0.410 e. The molecule has 18 heavy (non-hydrogen) atoms. The Kier molecular flexibility index (Phi) is 6.46. The van der Waals surface area contributed by atoms with Gasteiger partial charge in [-0.3, -0.25) is 20.4 Å². The molecule has 2 N–H and O–H groups in total. The van der Waals surface area contributed by atoms with Crippen molar-refractivity contribution >= 4 is 29.5 Å². The first-order valence-corrected chi connectivity index (χ1v) is 5.77. The Morgan fingerprint density at radius 1 is 1.17 bits per heavy atom. The minimum Gasteiger partial charge on any atom is -0.444 e. The van der Waals surface area contributed by atoms with Crippen LogP contribution >= 0.6 is 11.6 Å². The summed E-state index contributed by atoms with van der Waals surface area (Å²) in [6.45, 7) is 4.93. The van der Waals surface area contributed by atoms with Gasteiger partial charge in [0.2, 0.25) is 0 Å². The van der Waals surface area contributed by atoms with E-state index in [0.717, 1.165) is 4.90 Å². The lowest BCUT2D eigenvalue weighted by atomic mass is 10.2. The highest BCUT2D eigenvalue weighted by Crippen LogP contribution is 2.08. The Morgan fingerprint density at radius 3 is 2.11 bits per heavy atom. The SMILES string of the molecule is CN(CC(=O)NNC(=O)CCl)C(=O)OC(C)(C)C. The van der Waals surface area contributed by atoms with Crippen molar-refractivity contribution in [1.29, 1.82) is 0 Å². The Labute approximate surface area is 111 Å². The van der Waals surface area contributed by atoms with Gasteiger partial charge >= 0.3 is 6.09 Å². The average Bonchev–Trinajstić information content (AvgIpc) is 2.23. The maximum absolute atomic E-state index is 11.5. The van der Waals surface area contributed by atoms with Gasteiger partial charge in [-0.25, -0.2) is 4.79 Å². The molecule has 8 heteroatoms. The van der Waals surface area contributed by atoms with E-state index in [0.29, 0.717) is 0 Å². The lowest BCUT2D eigenvalue weighted by Crippen LogP contribution is -2.47. The normalized spacial score (nSPS) is 10.5. The van der Waals surface area contributed by atoms with E-state index in [1.54, 1.807) is 20.8 Å². The predicted molar refractivity (Wildman–Crippen MR) is 65.9 cm³/mol. The fraction of sp³-hybridized carbons (Fsp3) is 0.700. The Balaban J connectivity index is 4.07. The fourth-order valence-electron chi connectivity index (χ4n) is 0.832. The van der Waals surface area contributed by atoms with Crippen molar-refractivity contribution < 1.29 is 19.1 Å². The van der Waals surface area contributed by atoms with Gasteiger partial charge < -0.3 is 9.64 Å². The van der Waals surface area contributed by atoms with Gasteiger partial charge in [0.05, 0.1) is 0 Å². The topological polar surface area (TPSA) is 87.7 Å². The van der Waals surface area contributed by atoms with E-state index in [2.05, 4.69) is 10.9 Å². The number of carbonyl (C=O) groups excluding carboxylic acids is 3. The molecule has 0 aliphatic heterocycles. The fourth-order valence-corrected chi connectivity index (χ4v) is 0.899. The van der Waals surface area contributed by atoms with E-state index in [1.807, 2.05) is 0 Å². The second-order valence-electron chi connectivity index (χ2n) is 4.57. The van der Waals surface area contributed by atoms with Gasteiger partial charge in [-0.15, -0.1) is 11.6 Å². The van der Waals surface area contributed by atoms with E-state index in [-0.39, 0.29) is 12.4 Å². The zero-order valence-corrected chi connectivity index (χ0v) is 11.6. The third-order valence-electron chi connectivity index (χ3n) is 1.55. The maximum atomic E-state index is 11.5. The Bertz CT molecular complexity index is 328. The number of nitrogens with zero attached hydrogens (tertiary/aromatic N) is 1. The molecule has 3 amide bonds. The number of ether oxygens (including phenoxy) is 1. The second-order valence-corrected chi connectivity index (χ2v) is 4.83. The van der Waals surface area contributed by atoms with Crippen molar-refractivity contribution in [2.75, 3.05) is 19.5 Å². The molecule has 0 bridgehead atoms. The molecular weight excluding hydrogens is 262 g/mol. The summed E-state index contributed by atoms with van der Waals surface area (Å²) in [7, 11) is 1.41. The van der Waals surface area contributed by atoms with Crippen molar-refractivity contribution in [2.45, 2.75) is 26.4 Å². The number of halogens is 1. The summed E-state index contributed by atoms with van der Waals surface area (Å²) in [5, 5.41) is 0.